The third-order valence-electron chi connectivity index (χ3n) is 4.54. The molecule has 0 saturated carbocycles. The van der Waals surface area contributed by atoms with Crippen LogP contribution < -0.4 is 0 Å². The van der Waals surface area contributed by atoms with Crippen LogP contribution >= 0.6 is 11.8 Å². The number of ketones is 1. The summed E-state index contributed by atoms with van der Waals surface area (Å²) in [4.78, 5) is 21.6. The highest BCUT2D eigenvalue weighted by molar-refractivity contribution is 8.00. The molecule has 0 spiro atoms. The van der Waals surface area contributed by atoms with Gasteiger partial charge in [-0.05, 0) is 45.2 Å². The van der Waals surface area contributed by atoms with Crippen LogP contribution in [0, 0.1) is 20.8 Å². The predicted octanol–water partition coefficient (Wildman–Crippen LogP) is 3.98. The van der Waals surface area contributed by atoms with Gasteiger partial charge in [0, 0.05) is 17.0 Å². The number of fused-ring (bicyclic) bond motifs is 1. The van der Waals surface area contributed by atoms with E-state index in [2.05, 4.69) is 22.0 Å². The van der Waals surface area contributed by atoms with E-state index >= 15 is 0 Å². The van der Waals surface area contributed by atoms with Gasteiger partial charge in [0.15, 0.2) is 5.78 Å². The monoisotopic (exact) mass is 354 g/mol. The third-order valence-corrected chi connectivity index (χ3v) is 5.49. The molecule has 0 N–H and O–H groups in total. The number of nitrogens with zero attached hydrogens (tertiary/aromatic N) is 4. The zero-order chi connectivity index (χ0) is 18.1. The minimum atomic E-state index is -0.257. The number of rotatable bonds is 5. The van der Waals surface area contributed by atoms with Crippen LogP contribution in [0.5, 0.6) is 0 Å². The third kappa shape index (κ3) is 3.44. The maximum Gasteiger partial charge on any atom is 0.253 e. The summed E-state index contributed by atoms with van der Waals surface area (Å²) >= 11 is 1.37. The van der Waals surface area contributed by atoms with Gasteiger partial charge in [0.25, 0.3) is 5.78 Å². The lowest BCUT2D eigenvalue weighted by Crippen LogP contribution is -2.13. The van der Waals surface area contributed by atoms with Crippen LogP contribution in [0.2, 0.25) is 0 Å². The van der Waals surface area contributed by atoms with E-state index < -0.39 is 0 Å². The van der Waals surface area contributed by atoms with Crippen LogP contribution in [0.3, 0.4) is 0 Å². The Bertz CT molecular complexity index is 931. The lowest BCUT2D eigenvalue weighted by atomic mass is 10.1. The first-order valence-corrected chi connectivity index (χ1v) is 9.29. The molecule has 6 heteroatoms. The topological polar surface area (TPSA) is 60.2 Å². The molecule has 0 amide bonds. The van der Waals surface area contributed by atoms with Crippen molar-refractivity contribution >= 4 is 23.3 Å². The molecule has 3 aromatic rings. The van der Waals surface area contributed by atoms with Crippen LogP contribution in [-0.4, -0.2) is 30.6 Å². The van der Waals surface area contributed by atoms with Crippen molar-refractivity contribution in [2.45, 2.75) is 51.4 Å². The van der Waals surface area contributed by atoms with E-state index in [0.717, 1.165) is 28.9 Å². The maximum absolute atomic E-state index is 12.6. The van der Waals surface area contributed by atoms with Crippen LogP contribution in [0.4, 0.5) is 0 Å². The highest BCUT2D eigenvalue weighted by Crippen LogP contribution is 2.24. The Morgan fingerprint density at radius 3 is 2.48 bits per heavy atom. The number of aromatic nitrogens is 4. The molecular weight excluding hydrogens is 332 g/mol. The van der Waals surface area contributed by atoms with Gasteiger partial charge in [-0.3, -0.25) is 4.79 Å². The highest BCUT2D eigenvalue weighted by Gasteiger charge is 2.20. The lowest BCUT2D eigenvalue weighted by Gasteiger charge is -2.08. The number of Topliss-reactive ketones (excluding diaryl/α,β-unsaturated/α-hetero) is 1. The van der Waals surface area contributed by atoms with E-state index in [1.165, 1.54) is 17.3 Å². The zero-order valence-corrected chi connectivity index (χ0v) is 16.0. The van der Waals surface area contributed by atoms with Gasteiger partial charge in [-0.1, -0.05) is 43.0 Å². The molecule has 0 radical (unpaired) electrons. The molecule has 0 bridgehead atoms. The molecule has 3 rings (SSSR count). The van der Waals surface area contributed by atoms with Gasteiger partial charge in [0.1, 0.15) is 0 Å². The summed E-state index contributed by atoms with van der Waals surface area (Å²) in [5.41, 5.74) is 5.03. The minimum Gasteiger partial charge on any atom is -0.293 e. The maximum atomic E-state index is 12.6. The number of carbonyl (C=O) groups is 1. The van der Waals surface area contributed by atoms with E-state index in [1.54, 1.807) is 4.52 Å². The smallest absolute Gasteiger partial charge is 0.253 e. The van der Waals surface area contributed by atoms with Crippen molar-refractivity contribution in [3.63, 3.8) is 0 Å². The molecule has 25 heavy (non-hydrogen) atoms. The van der Waals surface area contributed by atoms with Crippen LogP contribution in [0.1, 0.15) is 46.7 Å². The summed E-state index contributed by atoms with van der Waals surface area (Å²) in [7, 11) is 0. The molecule has 2 aromatic heterocycles. The van der Waals surface area contributed by atoms with E-state index in [4.69, 9.17) is 0 Å². The first-order valence-electron chi connectivity index (χ1n) is 8.41. The molecule has 0 saturated heterocycles. The number of hydrogen-bond donors (Lipinski definition) is 0. The van der Waals surface area contributed by atoms with Crippen molar-refractivity contribution < 1.29 is 4.79 Å². The summed E-state index contributed by atoms with van der Waals surface area (Å²) in [5.74, 6) is 0.665. The Kier molecular flexibility index (Phi) is 4.90. The second-order valence-electron chi connectivity index (χ2n) is 6.19. The number of benzene rings is 1. The van der Waals surface area contributed by atoms with Gasteiger partial charge in [-0.25, -0.2) is 9.50 Å². The fourth-order valence-electron chi connectivity index (χ4n) is 2.64. The summed E-state index contributed by atoms with van der Waals surface area (Å²) in [6, 6.07) is 7.81. The van der Waals surface area contributed by atoms with Crippen molar-refractivity contribution in [2.75, 3.05) is 0 Å². The molecule has 5 nitrogen and oxygen atoms in total. The SMILES string of the molecule is CCc1ccc(C(=O)C(C)Sc2nc3nc(C)c(C)c(C)n3n2)cc1. The molecule has 1 aromatic carbocycles. The van der Waals surface area contributed by atoms with Gasteiger partial charge in [-0.15, -0.1) is 5.10 Å². The summed E-state index contributed by atoms with van der Waals surface area (Å²) in [6.07, 6.45) is 0.967. The van der Waals surface area contributed by atoms with Gasteiger partial charge >= 0.3 is 0 Å². The Labute approximate surface area is 151 Å². The Balaban J connectivity index is 1.82. The fraction of sp³-hybridized carbons (Fsp3) is 0.368. The van der Waals surface area contributed by atoms with Gasteiger partial charge in [-0.2, -0.15) is 4.98 Å². The second kappa shape index (κ2) is 6.96. The number of carbonyl (C=O) groups excluding carboxylic acids is 1. The summed E-state index contributed by atoms with van der Waals surface area (Å²) in [6.45, 7) is 9.99. The van der Waals surface area contributed by atoms with E-state index in [9.17, 15) is 4.79 Å². The van der Waals surface area contributed by atoms with Crippen molar-refractivity contribution in [1.82, 2.24) is 19.6 Å². The highest BCUT2D eigenvalue weighted by atomic mass is 32.2. The zero-order valence-electron chi connectivity index (χ0n) is 15.2. The summed E-state index contributed by atoms with van der Waals surface area (Å²) in [5, 5.41) is 4.83. The molecule has 1 atom stereocenters. The Morgan fingerprint density at radius 2 is 1.84 bits per heavy atom. The largest absolute Gasteiger partial charge is 0.293 e. The molecule has 0 aliphatic carbocycles. The van der Waals surface area contributed by atoms with Crippen LogP contribution in [0.25, 0.3) is 5.78 Å². The number of aryl methyl sites for hydroxylation is 3. The fourth-order valence-corrected chi connectivity index (χ4v) is 3.46. The van der Waals surface area contributed by atoms with Crippen molar-refractivity contribution in [2.24, 2.45) is 0 Å². The Morgan fingerprint density at radius 1 is 1.16 bits per heavy atom. The molecule has 0 fully saturated rings. The first kappa shape index (κ1) is 17.6. The molecule has 0 aliphatic heterocycles. The van der Waals surface area contributed by atoms with Crippen LogP contribution in [0.15, 0.2) is 29.4 Å². The molecular formula is C19H22N4OS. The summed E-state index contributed by atoms with van der Waals surface area (Å²) < 4.78 is 1.75. The van der Waals surface area contributed by atoms with Crippen molar-refractivity contribution in [1.29, 1.82) is 0 Å². The van der Waals surface area contributed by atoms with Crippen LogP contribution in [-0.2, 0) is 6.42 Å². The average Bonchev–Trinajstić information content (AvgIpc) is 3.01. The van der Waals surface area contributed by atoms with E-state index in [-0.39, 0.29) is 11.0 Å². The van der Waals surface area contributed by atoms with Gasteiger partial charge in [0.05, 0.1) is 5.25 Å². The molecule has 130 valence electrons. The second-order valence-corrected chi connectivity index (χ2v) is 7.50. The standard InChI is InChI=1S/C19H22N4OS/c1-6-15-7-9-16(10-8-15)17(24)14(5)25-19-21-18-20-12(3)11(2)13(4)23(18)22-19/h7-10,14H,6H2,1-5H3. The average molecular weight is 354 g/mol. The van der Waals surface area contributed by atoms with E-state index in [0.29, 0.717) is 10.9 Å². The first-order chi connectivity index (χ1) is 11.9. The van der Waals surface area contributed by atoms with Crippen molar-refractivity contribution in [3.05, 3.63) is 52.3 Å². The number of hydrogen-bond acceptors (Lipinski definition) is 5. The quantitative estimate of drug-likeness (QED) is 0.512. The predicted molar refractivity (Wildman–Crippen MR) is 100 cm³/mol. The van der Waals surface area contributed by atoms with Crippen molar-refractivity contribution in [3.8, 4) is 0 Å². The molecule has 1 unspecified atom stereocenters. The molecule has 0 aliphatic rings. The normalized spacial score (nSPS) is 12.5. The van der Waals surface area contributed by atoms with Gasteiger partial charge in [0.2, 0.25) is 5.16 Å². The molecule has 2 heterocycles. The van der Waals surface area contributed by atoms with Gasteiger partial charge < -0.3 is 0 Å². The lowest BCUT2D eigenvalue weighted by molar-refractivity contribution is 0.0994. The Hall–Kier alpha value is -2.21. The van der Waals surface area contributed by atoms with E-state index in [1.807, 2.05) is 52.0 Å². The minimum absolute atomic E-state index is 0.0866. The number of thioether (sulfide) groups is 1.